The molecule has 4 atom stereocenters. The molecule has 0 N–H and O–H groups in total. The first-order valence-corrected chi connectivity index (χ1v) is 5.52. The molecule has 1 aliphatic heterocycles. The molecule has 0 amide bonds. The first-order valence-electron chi connectivity index (χ1n) is 5.52. The molecule has 4 nitrogen and oxygen atoms in total. The summed E-state index contributed by atoms with van der Waals surface area (Å²) in [6.07, 6.45) is 5.18. The maximum absolute atomic E-state index is 11.8. The Morgan fingerprint density at radius 3 is 2.75 bits per heavy atom. The number of cyclic esters (lactones) is 2. The standard InChI is InChI=1S/C12H12O4/c1-6(13)12-4-2-7(3-5-12)8-9(12)11(15)16-10(8)14/h2,4,7-9H,3,5H2,1H3/t7-,8+,9-,12+/m0/s1. The molecule has 0 aromatic rings. The van der Waals surface area contributed by atoms with Crippen molar-refractivity contribution in [1.82, 2.24) is 0 Å². The van der Waals surface area contributed by atoms with Crippen molar-refractivity contribution in [3.8, 4) is 0 Å². The molecule has 1 heterocycles. The first-order chi connectivity index (χ1) is 7.56. The summed E-state index contributed by atoms with van der Waals surface area (Å²) in [5, 5.41) is 0. The molecule has 3 aliphatic carbocycles. The zero-order chi connectivity index (χ0) is 11.5. The maximum atomic E-state index is 11.8. The van der Waals surface area contributed by atoms with Crippen molar-refractivity contribution < 1.29 is 19.1 Å². The number of rotatable bonds is 1. The van der Waals surface area contributed by atoms with Gasteiger partial charge in [-0.3, -0.25) is 14.4 Å². The summed E-state index contributed by atoms with van der Waals surface area (Å²) in [5.74, 6) is -1.92. The number of hydrogen-bond acceptors (Lipinski definition) is 4. The number of ether oxygens (including phenoxy) is 1. The van der Waals surface area contributed by atoms with Crippen LogP contribution >= 0.6 is 0 Å². The molecule has 1 saturated heterocycles. The fourth-order valence-electron chi connectivity index (χ4n) is 3.42. The average Bonchev–Trinajstić information content (AvgIpc) is 2.58. The summed E-state index contributed by atoms with van der Waals surface area (Å²) in [4.78, 5) is 35.1. The fourth-order valence-corrected chi connectivity index (χ4v) is 3.42. The van der Waals surface area contributed by atoms with Crippen LogP contribution in [0.3, 0.4) is 0 Å². The van der Waals surface area contributed by atoms with E-state index in [9.17, 15) is 14.4 Å². The molecule has 0 spiro atoms. The third-order valence-electron chi connectivity index (χ3n) is 4.29. The molecule has 0 aromatic carbocycles. The highest BCUT2D eigenvalue weighted by Crippen LogP contribution is 2.56. The molecule has 4 aliphatic rings. The van der Waals surface area contributed by atoms with Crippen molar-refractivity contribution in [2.75, 3.05) is 0 Å². The van der Waals surface area contributed by atoms with Gasteiger partial charge in [0.05, 0.1) is 17.3 Å². The van der Waals surface area contributed by atoms with Gasteiger partial charge in [0.25, 0.3) is 0 Å². The van der Waals surface area contributed by atoms with Crippen molar-refractivity contribution in [2.24, 2.45) is 23.2 Å². The highest BCUT2D eigenvalue weighted by molar-refractivity contribution is 6.02. The molecule has 0 unspecified atom stereocenters. The predicted octanol–water partition coefficient (Wildman–Crippen LogP) is 0.857. The summed E-state index contributed by atoms with van der Waals surface area (Å²) in [6.45, 7) is 1.49. The molecule has 4 rings (SSSR count). The van der Waals surface area contributed by atoms with E-state index in [4.69, 9.17) is 4.74 Å². The highest BCUT2D eigenvalue weighted by Gasteiger charge is 2.63. The highest BCUT2D eigenvalue weighted by atomic mass is 16.6. The van der Waals surface area contributed by atoms with E-state index >= 15 is 0 Å². The Morgan fingerprint density at radius 2 is 2.19 bits per heavy atom. The normalized spacial score (nSPS) is 44.4. The Kier molecular flexibility index (Phi) is 1.71. The smallest absolute Gasteiger partial charge is 0.318 e. The van der Waals surface area contributed by atoms with E-state index in [0.717, 1.165) is 6.42 Å². The minimum absolute atomic E-state index is 0.0384. The fraction of sp³-hybridized carbons (Fsp3) is 0.583. The number of esters is 2. The third kappa shape index (κ3) is 0.925. The predicted molar refractivity (Wildman–Crippen MR) is 53.1 cm³/mol. The van der Waals surface area contributed by atoms with Gasteiger partial charge < -0.3 is 4.74 Å². The SMILES string of the molecule is CC(=O)[C@@]12C=C[C@@H](CC1)[C@H]1C(=O)OC(=O)[C@H]12. The van der Waals surface area contributed by atoms with Crippen molar-refractivity contribution >= 4 is 17.7 Å². The Bertz CT molecular complexity index is 436. The van der Waals surface area contributed by atoms with Crippen LogP contribution in [0.4, 0.5) is 0 Å². The van der Waals surface area contributed by atoms with Gasteiger partial charge in [-0.25, -0.2) is 0 Å². The van der Waals surface area contributed by atoms with Gasteiger partial charge in [0.2, 0.25) is 0 Å². The van der Waals surface area contributed by atoms with Crippen LogP contribution in [-0.2, 0) is 19.1 Å². The largest absolute Gasteiger partial charge is 0.393 e. The van der Waals surface area contributed by atoms with Gasteiger partial charge in [-0.05, 0) is 25.7 Å². The van der Waals surface area contributed by atoms with Crippen LogP contribution in [0.2, 0.25) is 0 Å². The molecular weight excluding hydrogens is 208 g/mol. The molecule has 4 heteroatoms. The van der Waals surface area contributed by atoms with Gasteiger partial charge in [0, 0.05) is 0 Å². The van der Waals surface area contributed by atoms with Crippen LogP contribution in [0.15, 0.2) is 12.2 Å². The van der Waals surface area contributed by atoms with E-state index in [1.54, 1.807) is 0 Å². The van der Waals surface area contributed by atoms with Crippen LogP contribution in [0.1, 0.15) is 19.8 Å². The zero-order valence-electron chi connectivity index (χ0n) is 8.93. The second kappa shape index (κ2) is 2.81. The molecule has 0 aromatic heterocycles. The number of ketones is 1. The first kappa shape index (κ1) is 9.75. The van der Waals surface area contributed by atoms with Gasteiger partial charge in [0.15, 0.2) is 0 Å². The summed E-state index contributed by atoms with van der Waals surface area (Å²) in [5.41, 5.74) is -0.775. The summed E-state index contributed by atoms with van der Waals surface area (Å²) >= 11 is 0. The number of allylic oxidation sites excluding steroid dienone is 2. The van der Waals surface area contributed by atoms with Crippen LogP contribution in [0.25, 0.3) is 0 Å². The van der Waals surface area contributed by atoms with Crippen molar-refractivity contribution in [3.63, 3.8) is 0 Å². The summed E-state index contributed by atoms with van der Waals surface area (Å²) < 4.78 is 4.69. The third-order valence-corrected chi connectivity index (χ3v) is 4.29. The minimum atomic E-state index is -0.775. The summed E-state index contributed by atoms with van der Waals surface area (Å²) in [7, 11) is 0. The van der Waals surface area contributed by atoms with E-state index in [2.05, 4.69) is 0 Å². The zero-order valence-corrected chi connectivity index (χ0v) is 8.93. The Hall–Kier alpha value is -1.45. The number of carbonyl (C=O) groups excluding carboxylic acids is 3. The van der Waals surface area contributed by atoms with Crippen LogP contribution in [-0.4, -0.2) is 17.7 Å². The average molecular weight is 220 g/mol. The number of carbonyl (C=O) groups is 3. The van der Waals surface area contributed by atoms with E-state index in [0.29, 0.717) is 6.42 Å². The molecule has 1 saturated carbocycles. The van der Waals surface area contributed by atoms with Crippen molar-refractivity contribution in [1.29, 1.82) is 0 Å². The van der Waals surface area contributed by atoms with Gasteiger partial charge in [-0.1, -0.05) is 12.2 Å². The molecule has 2 bridgehead atoms. The Labute approximate surface area is 92.6 Å². The number of fused-ring (bicyclic) bond motifs is 1. The monoisotopic (exact) mass is 220 g/mol. The van der Waals surface area contributed by atoms with Crippen LogP contribution in [0, 0.1) is 23.2 Å². The van der Waals surface area contributed by atoms with Crippen molar-refractivity contribution in [3.05, 3.63) is 12.2 Å². The summed E-state index contributed by atoms with van der Waals surface area (Å²) in [6, 6.07) is 0. The molecular formula is C12H12O4. The van der Waals surface area contributed by atoms with E-state index in [1.807, 2.05) is 12.2 Å². The van der Waals surface area contributed by atoms with E-state index < -0.39 is 29.2 Å². The molecule has 2 fully saturated rings. The van der Waals surface area contributed by atoms with Gasteiger partial charge in [0.1, 0.15) is 5.78 Å². The lowest BCUT2D eigenvalue weighted by Gasteiger charge is -2.45. The maximum Gasteiger partial charge on any atom is 0.318 e. The lowest BCUT2D eigenvalue weighted by Crippen LogP contribution is -2.50. The Balaban J connectivity index is 2.16. The lowest BCUT2D eigenvalue weighted by atomic mass is 9.53. The second-order valence-corrected chi connectivity index (χ2v) is 4.90. The Morgan fingerprint density at radius 1 is 1.44 bits per heavy atom. The van der Waals surface area contributed by atoms with E-state index in [-0.39, 0.29) is 11.7 Å². The number of Topliss-reactive ketones (excluding diaryl/α,β-unsaturated/α-hetero) is 1. The molecule has 16 heavy (non-hydrogen) atoms. The van der Waals surface area contributed by atoms with Gasteiger partial charge >= 0.3 is 11.9 Å². The van der Waals surface area contributed by atoms with Crippen molar-refractivity contribution in [2.45, 2.75) is 19.8 Å². The van der Waals surface area contributed by atoms with Gasteiger partial charge in [-0.2, -0.15) is 0 Å². The van der Waals surface area contributed by atoms with Crippen LogP contribution in [0.5, 0.6) is 0 Å². The van der Waals surface area contributed by atoms with Gasteiger partial charge in [-0.15, -0.1) is 0 Å². The second-order valence-electron chi connectivity index (χ2n) is 4.90. The topological polar surface area (TPSA) is 60.4 Å². The minimum Gasteiger partial charge on any atom is -0.393 e. The molecule has 0 radical (unpaired) electrons. The quantitative estimate of drug-likeness (QED) is 0.373. The molecule has 84 valence electrons. The lowest BCUT2D eigenvalue weighted by molar-refractivity contribution is -0.155. The van der Waals surface area contributed by atoms with E-state index in [1.165, 1.54) is 6.92 Å². The van der Waals surface area contributed by atoms with Crippen LogP contribution < -0.4 is 0 Å². The number of hydrogen-bond donors (Lipinski definition) is 0.